The molecule has 1 atom stereocenters. The molecule has 0 spiro atoms. The maximum atomic E-state index is 11.2. The van der Waals surface area contributed by atoms with Crippen LogP contribution in [0.3, 0.4) is 0 Å². The van der Waals surface area contributed by atoms with Crippen LogP contribution in [-0.4, -0.2) is 29.6 Å². The van der Waals surface area contributed by atoms with Crippen molar-refractivity contribution in [2.45, 2.75) is 32.5 Å². The van der Waals surface area contributed by atoms with Crippen LogP contribution in [0.1, 0.15) is 20.8 Å². The number of carbonyl (C=O) groups is 1. The summed E-state index contributed by atoms with van der Waals surface area (Å²) in [6.45, 7) is 5.87. The van der Waals surface area contributed by atoms with Crippen LogP contribution >= 0.6 is 0 Å². The summed E-state index contributed by atoms with van der Waals surface area (Å²) in [5, 5.41) is 3.17. The van der Waals surface area contributed by atoms with Gasteiger partial charge >= 0.3 is 0 Å². The van der Waals surface area contributed by atoms with Gasteiger partial charge in [-0.05, 0) is 20.8 Å². The van der Waals surface area contributed by atoms with Crippen molar-refractivity contribution in [3.63, 3.8) is 0 Å². The number of likely N-dealkylation sites (N-methyl/N-ethyl adjacent to an activating group) is 1. The van der Waals surface area contributed by atoms with Gasteiger partial charge in [-0.15, -0.1) is 0 Å². The molecule has 1 N–H and O–H groups in total. The standard InChI is InChI=1S/C7H14N2O/c1-5-6(10)9(4)7(2,3)8-5/h5,8H,1-4H3. The first-order valence-electron chi connectivity index (χ1n) is 3.50. The molecular formula is C7H14N2O. The molecule has 1 saturated heterocycles. The fourth-order valence-electron chi connectivity index (χ4n) is 1.25. The van der Waals surface area contributed by atoms with Crippen molar-refractivity contribution in [3.05, 3.63) is 0 Å². The molecule has 0 aromatic heterocycles. The SMILES string of the molecule is CC1NC(C)(C)N(C)C1=O. The van der Waals surface area contributed by atoms with E-state index in [0.717, 1.165) is 0 Å². The molecule has 0 saturated carbocycles. The quantitative estimate of drug-likeness (QED) is 0.523. The number of amides is 1. The van der Waals surface area contributed by atoms with E-state index in [4.69, 9.17) is 0 Å². The van der Waals surface area contributed by atoms with Gasteiger partial charge in [0.05, 0.1) is 11.7 Å². The molecule has 0 aromatic rings. The molecule has 0 aromatic carbocycles. The number of carbonyl (C=O) groups excluding carboxylic acids is 1. The van der Waals surface area contributed by atoms with E-state index >= 15 is 0 Å². The lowest BCUT2D eigenvalue weighted by Crippen LogP contribution is -2.44. The third kappa shape index (κ3) is 0.904. The highest BCUT2D eigenvalue weighted by atomic mass is 16.2. The third-order valence-electron chi connectivity index (χ3n) is 2.11. The molecule has 1 aliphatic heterocycles. The van der Waals surface area contributed by atoms with Crippen molar-refractivity contribution in [2.75, 3.05) is 7.05 Å². The minimum absolute atomic E-state index is 0.0278. The molecule has 0 aliphatic carbocycles. The van der Waals surface area contributed by atoms with Crippen molar-refractivity contribution in [1.82, 2.24) is 10.2 Å². The van der Waals surface area contributed by atoms with Crippen LogP contribution in [0.15, 0.2) is 0 Å². The van der Waals surface area contributed by atoms with E-state index in [1.807, 2.05) is 27.8 Å². The van der Waals surface area contributed by atoms with Crippen molar-refractivity contribution < 1.29 is 4.79 Å². The summed E-state index contributed by atoms with van der Waals surface area (Å²) in [6, 6.07) is -0.0278. The van der Waals surface area contributed by atoms with Crippen molar-refractivity contribution in [2.24, 2.45) is 0 Å². The number of hydrogen-bond donors (Lipinski definition) is 1. The van der Waals surface area contributed by atoms with Gasteiger partial charge in [0, 0.05) is 7.05 Å². The molecule has 1 unspecified atom stereocenters. The Labute approximate surface area is 61.4 Å². The Morgan fingerprint density at radius 2 is 2.10 bits per heavy atom. The highest BCUT2D eigenvalue weighted by Crippen LogP contribution is 2.17. The van der Waals surface area contributed by atoms with Crippen molar-refractivity contribution in [3.8, 4) is 0 Å². The molecule has 1 fully saturated rings. The Balaban J connectivity index is 2.81. The average molecular weight is 142 g/mol. The molecule has 10 heavy (non-hydrogen) atoms. The third-order valence-corrected chi connectivity index (χ3v) is 2.11. The van der Waals surface area contributed by atoms with Crippen LogP contribution in [0.25, 0.3) is 0 Å². The van der Waals surface area contributed by atoms with Gasteiger partial charge in [0.2, 0.25) is 5.91 Å². The summed E-state index contributed by atoms with van der Waals surface area (Å²) in [5.41, 5.74) is -0.170. The van der Waals surface area contributed by atoms with Crippen molar-refractivity contribution in [1.29, 1.82) is 0 Å². The van der Waals surface area contributed by atoms with Crippen molar-refractivity contribution >= 4 is 5.91 Å². The van der Waals surface area contributed by atoms with E-state index in [1.165, 1.54) is 0 Å². The molecule has 58 valence electrons. The Bertz CT molecular complexity index is 165. The second-order valence-corrected chi connectivity index (χ2v) is 3.32. The zero-order valence-corrected chi connectivity index (χ0v) is 6.93. The van der Waals surface area contributed by atoms with Gasteiger partial charge < -0.3 is 4.90 Å². The maximum absolute atomic E-state index is 11.2. The topological polar surface area (TPSA) is 32.3 Å². The molecule has 3 heteroatoms. The fraction of sp³-hybridized carbons (Fsp3) is 0.857. The molecule has 1 heterocycles. The van der Waals surface area contributed by atoms with Gasteiger partial charge in [0.1, 0.15) is 0 Å². The van der Waals surface area contributed by atoms with Gasteiger partial charge in [-0.3, -0.25) is 10.1 Å². The van der Waals surface area contributed by atoms with E-state index in [0.29, 0.717) is 0 Å². The Kier molecular flexibility index (Phi) is 1.47. The number of hydrogen-bond acceptors (Lipinski definition) is 2. The van der Waals surface area contributed by atoms with E-state index in [2.05, 4.69) is 5.32 Å². The second kappa shape index (κ2) is 1.95. The molecule has 1 amide bonds. The molecule has 1 aliphatic rings. The molecule has 3 nitrogen and oxygen atoms in total. The summed E-state index contributed by atoms with van der Waals surface area (Å²) in [7, 11) is 1.82. The van der Waals surface area contributed by atoms with Gasteiger partial charge in [-0.1, -0.05) is 0 Å². The highest BCUT2D eigenvalue weighted by molar-refractivity contribution is 5.84. The van der Waals surface area contributed by atoms with Crippen LogP contribution in [0.2, 0.25) is 0 Å². The average Bonchev–Trinajstić information content (AvgIpc) is 1.95. The minimum Gasteiger partial charge on any atom is -0.327 e. The number of rotatable bonds is 0. The summed E-state index contributed by atoms with van der Waals surface area (Å²) >= 11 is 0. The zero-order chi connectivity index (χ0) is 7.94. The van der Waals surface area contributed by atoms with Crippen LogP contribution < -0.4 is 5.32 Å². The Hall–Kier alpha value is -0.570. The molecular weight excluding hydrogens is 128 g/mol. The zero-order valence-electron chi connectivity index (χ0n) is 6.93. The molecule has 0 bridgehead atoms. The largest absolute Gasteiger partial charge is 0.327 e. The first-order valence-corrected chi connectivity index (χ1v) is 3.50. The van der Waals surface area contributed by atoms with E-state index in [1.54, 1.807) is 4.90 Å². The van der Waals surface area contributed by atoms with Crippen LogP contribution in [0.4, 0.5) is 0 Å². The lowest BCUT2D eigenvalue weighted by molar-refractivity contribution is -0.129. The highest BCUT2D eigenvalue weighted by Gasteiger charge is 2.39. The molecule has 0 radical (unpaired) electrons. The first kappa shape index (κ1) is 7.54. The predicted octanol–water partition coefficient (Wildman–Crippen LogP) is 0.173. The number of nitrogens with zero attached hydrogens (tertiary/aromatic N) is 1. The van der Waals surface area contributed by atoms with Gasteiger partial charge in [0.15, 0.2) is 0 Å². The maximum Gasteiger partial charge on any atom is 0.240 e. The van der Waals surface area contributed by atoms with Gasteiger partial charge in [-0.2, -0.15) is 0 Å². The van der Waals surface area contributed by atoms with E-state index < -0.39 is 0 Å². The minimum atomic E-state index is -0.170. The second-order valence-electron chi connectivity index (χ2n) is 3.32. The lowest BCUT2D eigenvalue weighted by atomic mass is 10.2. The monoisotopic (exact) mass is 142 g/mol. The summed E-state index contributed by atoms with van der Waals surface area (Å²) in [4.78, 5) is 12.9. The molecule has 1 rings (SSSR count). The summed E-state index contributed by atoms with van der Waals surface area (Å²) in [6.07, 6.45) is 0. The van der Waals surface area contributed by atoms with Gasteiger partial charge in [0.25, 0.3) is 0 Å². The predicted molar refractivity (Wildman–Crippen MR) is 39.4 cm³/mol. The van der Waals surface area contributed by atoms with Crippen LogP contribution in [0, 0.1) is 0 Å². The Morgan fingerprint density at radius 3 is 2.20 bits per heavy atom. The fourth-order valence-corrected chi connectivity index (χ4v) is 1.25. The van der Waals surface area contributed by atoms with Crippen LogP contribution in [0.5, 0.6) is 0 Å². The summed E-state index contributed by atoms with van der Waals surface area (Å²) in [5.74, 6) is 0.171. The lowest BCUT2D eigenvalue weighted by Gasteiger charge is -2.26. The number of nitrogens with one attached hydrogen (secondary N) is 1. The normalized spacial score (nSPS) is 31.4. The summed E-state index contributed by atoms with van der Waals surface area (Å²) < 4.78 is 0. The van der Waals surface area contributed by atoms with E-state index in [9.17, 15) is 4.79 Å². The van der Waals surface area contributed by atoms with E-state index in [-0.39, 0.29) is 17.6 Å². The van der Waals surface area contributed by atoms with Gasteiger partial charge in [-0.25, -0.2) is 0 Å². The Morgan fingerprint density at radius 1 is 1.60 bits per heavy atom. The smallest absolute Gasteiger partial charge is 0.240 e. The van der Waals surface area contributed by atoms with Crippen LogP contribution in [-0.2, 0) is 4.79 Å². The first-order chi connectivity index (χ1) is 4.45.